The summed E-state index contributed by atoms with van der Waals surface area (Å²) in [6.45, 7) is 1.17. The van der Waals surface area contributed by atoms with Crippen LogP contribution in [0, 0.1) is 0 Å². The molecular weight excluding hydrogens is 160 g/mol. The topological polar surface area (TPSA) is 24.9 Å². The lowest BCUT2D eigenvalue weighted by Crippen LogP contribution is -2.42. The van der Waals surface area contributed by atoms with Crippen LogP contribution >= 0.6 is 0 Å². The Hall–Kier alpha value is -0.890. The molecule has 0 aromatic carbocycles. The molecule has 2 atom stereocenters. The standard InChI is InChI=1S/C11H14N2/c1-2-8-6-10-7-9(3-5-12-10)11(8)13-4-1/h1-2,4,9-10,12H,3,5-7H2/t9-,10-/m1/s1. The molecule has 13 heavy (non-hydrogen) atoms. The molecule has 1 saturated heterocycles. The minimum atomic E-state index is 0.718. The predicted octanol–water partition coefficient (Wildman–Crippen LogP) is 1.47. The van der Waals surface area contributed by atoms with Crippen LogP contribution in [-0.4, -0.2) is 17.6 Å². The number of fused-ring (bicyclic) bond motifs is 4. The van der Waals surface area contributed by atoms with E-state index in [1.807, 2.05) is 6.20 Å². The molecule has 1 aliphatic carbocycles. The smallest absolute Gasteiger partial charge is 0.0468 e. The van der Waals surface area contributed by atoms with Crippen molar-refractivity contribution in [1.29, 1.82) is 0 Å². The maximum absolute atomic E-state index is 4.51. The van der Waals surface area contributed by atoms with Crippen LogP contribution in [0.15, 0.2) is 18.3 Å². The highest BCUT2D eigenvalue weighted by atomic mass is 14.9. The normalized spacial score (nSPS) is 31.1. The number of aromatic nitrogens is 1. The molecule has 1 fully saturated rings. The van der Waals surface area contributed by atoms with Crippen molar-refractivity contribution in [2.75, 3.05) is 6.54 Å². The van der Waals surface area contributed by atoms with Gasteiger partial charge >= 0.3 is 0 Å². The first-order valence-corrected chi connectivity index (χ1v) is 5.10. The van der Waals surface area contributed by atoms with Gasteiger partial charge in [0.05, 0.1) is 0 Å². The van der Waals surface area contributed by atoms with E-state index in [9.17, 15) is 0 Å². The molecule has 0 unspecified atom stereocenters. The Morgan fingerprint density at radius 1 is 1.46 bits per heavy atom. The molecule has 3 rings (SSSR count). The number of hydrogen-bond donors (Lipinski definition) is 1. The van der Waals surface area contributed by atoms with Gasteiger partial charge < -0.3 is 5.32 Å². The Labute approximate surface area is 78.4 Å². The lowest BCUT2D eigenvalue weighted by atomic mass is 9.79. The minimum Gasteiger partial charge on any atom is -0.314 e. The van der Waals surface area contributed by atoms with Gasteiger partial charge in [-0.2, -0.15) is 0 Å². The van der Waals surface area contributed by atoms with Gasteiger partial charge in [0.15, 0.2) is 0 Å². The van der Waals surface area contributed by atoms with Crippen molar-refractivity contribution >= 4 is 0 Å². The quantitative estimate of drug-likeness (QED) is 0.644. The van der Waals surface area contributed by atoms with E-state index in [1.54, 1.807) is 0 Å². The molecule has 2 heterocycles. The van der Waals surface area contributed by atoms with E-state index in [-0.39, 0.29) is 0 Å². The highest BCUT2D eigenvalue weighted by molar-refractivity contribution is 5.28. The molecule has 2 nitrogen and oxygen atoms in total. The summed E-state index contributed by atoms with van der Waals surface area (Å²) in [7, 11) is 0. The Bertz CT molecular complexity index is 322. The largest absolute Gasteiger partial charge is 0.314 e. The van der Waals surface area contributed by atoms with Crippen LogP contribution in [0.25, 0.3) is 0 Å². The van der Waals surface area contributed by atoms with Gasteiger partial charge in [-0.05, 0) is 37.4 Å². The zero-order valence-electron chi connectivity index (χ0n) is 7.66. The van der Waals surface area contributed by atoms with Gasteiger partial charge in [0.1, 0.15) is 0 Å². The van der Waals surface area contributed by atoms with Gasteiger partial charge in [0.2, 0.25) is 0 Å². The van der Waals surface area contributed by atoms with Crippen molar-refractivity contribution in [3.63, 3.8) is 0 Å². The highest BCUT2D eigenvalue weighted by Crippen LogP contribution is 2.34. The second-order valence-electron chi connectivity index (χ2n) is 4.12. The molecule has 1 aliphatic heterocycles. The molecular formula is C11H14N2. The lowest BCUT2D eigenvalue weighted by Gasteiger charge is -2.35. The number of hydrogen-bond acceptors (Lipinski definition) is 2. The van der Waals surface area contributed by atoms with E-state index in [0.717, 1.165) is 12.0 Å². The summed E-state index contributed by atoms with van der Waals surface area (Å²) in [6.07, 6.45) is 5.67. The zero-order chi connectivity index (χ0) is 8.67. The van der Waals surface area contributed by atoms with E-state index >= 15 is 0 Å². The maximum Gasteiger partial charge on any atom is 0.0468 e. The van der Waals surface area contributed by atoms with Crippen LogP contribution < -0.4 is 5.32 Å². The first kappa shape index (κ1) is 7.51. The van der Waals surface area contributed by atoms with Crippen molar-refractivity contribution in [3.8, 4) is 0 Å². The monoisotopic (exact) mass is 174 g/mol. The molecule has 2 bridgehead atoms. The first-order valence-electron chi connectivity index (χ1n) is 5.10. The van der Waals surface area contributed by atoms with Gasteiger partial charge in [0.25, 0.3) is 0 Å². The van der Waals surface area contributed by atoms with Crippen LogP contribution in [-0.2, 0) is 6.42 Å². The van der Waals surface area contributed by atoms with Gasteiger partial charge in [-0.3, -0.25) is 4.98 Å². The van der Waals surface area contributed by atoms with Crippen LogP contribution in [0.5, 0.6) is 0 Å². The summed E-state index contributed by atoms with van der Waals surface area (Å²) in [5.74, 6) is 0.733. The number of rotatable bonds is 0. The summed E-state index contributed by atoms with van der Waals surface area (Å²) < 4.78 is 0. The van der Waals surface area contributed by atoms with Crippen LogP contribution in [0.4, 0.5) is 0 Å². The molecule has 1 N–H and O–H groups in total. The predicted molar refractivity (Wildman–Crippen MR) is 51.7 cm³/mol. The number of pyridine rings is 1. The van der Waals surface area contributed by atoms with E-state index in [2.05, 4.69) is 22.4 Å². The van der Waals surface area contributed by atoms with Gasteiger partial charge in [-0.25, -0.2) is 0 Å². The van der Waals surface area contributed by atoms with Gasteiger partial charge in [-0.1, -0.05) is 6.07 Å². The molecule has 0 radical (unpaired) electrons. The van der Waals surface area contributed by atoms with Crippen molar-refractivity contribution < 1.29 is 0 Å². The third-order valence-electron chi connectivity index (χ3n) is 3.27. The van der Waals surface area contributed by atoms with Crippen LogP contribution in [0.2, 0.25) is 0 Å². The number of nitrogens with one attached hydrogen (secondary N) is 1. The second kappa shape index (κ2) is 2.81. The molecule has 2 aliphatic rings. The summed E-state index contributed by atoms with van der Waals surface area (Å²) in [6, 6.07) is 5.00. The summed E-state index contributed by atoms with van der Waals surface area (Å²) in [4.78, 5) is 4.51. The number of piperidine rings is 1. The van der Waals surface area contributed by atoms with E-state index in [4.69, 9.17) is 0 Å². The van der Waals surface area contributed by atoms with Crippen LogP contribution in [0.3, 0.4) is 0 Å². The Kier molecular flexibility index (Phi) is 1.62. The third-order valence-corrected chi connectivity index (χ3v) is 3.27. The lowest BCUT2D eigenvalue weighted by molar-refractivity contribution is 0.333. The van der Waals surface area contributed by atoms with Crippen molar-refractivity contribution in [2.24, 2.45) is 0 Å². The fourth-order valence-electron chi connectivity index (χ4n) is 2.67. The average molecular weight is 174 g/mol. The maximum atomic E-state index is 4.51. The summed E-state index contributed by atoms with van der Waals surface area (Å²) in [5.41, 5.74) is 2.84. The molecule has 0 amide bonds. The average Bonchev–Trinajstić information content (AvgIpc) is 2.18. The summed E-state index contributed by atoms with van der Waals surface area (Å²) in [5, 5.41) is 3.56. The fourth-order valence-corrected chi connectivity index (χ4v) is 2.67. The van der Waals surface area contributed by atoms with Crippen molar-refractivity contribution in [1.82, 2.24) is 10.3 Å². The SMILES string of the molecule is c1cnc2c(c1)C[C@@H]1C[C@H]2CCN1. The molecule has 0 spiro atoms. The highest BCUT2D eigenvalue weighted by Gasteiger charge is 2.30. The molecule has 68 valence electrons. The first-order chi connectivity index (χ1) is 6.43. The van der Waals surface area contributed by atoms with Gasteiger partial charge in [-0.15, -0.1) is 0 Å². The molecule has 0 saturated carbocycles. The second-order valence-corrected chi connectivity index (χ2v) is 4.12. The Morgan fingerprint density at radius 2 is 2.46 bits per heavy atom. The van der Waals surface area contributed by atoms with E-state index < -0.39 is 0 Å². The molecule has 1 aromatic heterocycles. The minimum absolute atomic E-state index is 0.718. The van der Waals surface area contributed by atoms with Crippen molar-refractivity contribution in [2.45, 2.75) is 31.2 Å². The number of nitrogens with zero attached hydrogens (tertiary/aromatic N) is 1. The van der Waals surface area contributed by atoms with Gasteiger partial charge in [0, 0.05) is 23.9 Å². The molecule has 1 aromatic rings. The Morgan fingerprint density at radius 3 is 3.46 bits per heavy atom. The zero-order valence-corrected chi connectivity index (χ0v) is 7.66. The van der Waals surface area contributed by atoms with E-state index in [0.29, 0.717) is 0 Å². The third kappa shape index (κ3) is 1.17. The fraction of sp³-hybridized carbons (Fsp3) is 0.545. The van der Waals surface area contributed by atoms with E-state index in [1.165, 1.54) is 37.1 Å². The van der Waals surface area contributed by atoms with Crippen molar-refractivity contribution in [3.05, 3.63) is 29.6 Å². The Balaban J connectivity index is 2.06. The van der Waals surface area contributed by atoms with Crippen LogP contribution in [0.1, 0.15) is 30.0 Å². The molecule has 2 heteroatoms. The summed E-state index contributed by atoms with van der Waals surface area (Å²) >= 11 is 0.